The molecule has 0 fully saturated rings. The molecule has 0 aromatic carbocycles. The normalized spacial score (nSPS) is 12.7. The summed E-state index contributed by atoms with van der Waals surface area (Å²) in [4.78, 5) is 0. The van der Waals surface area contributed by atoms with Gasteiger partial charge in [0.2, 0.25) is 0 Å². The van der Waals surface area contributed by atoms with Crippen LogP contribution in [0.25, 0.3) is 0 Å². The van der Waals surface area contributed by atoms with Crippen LogP contribution in [0.15, 0.2) is 0 Å². The first kappa shape index (κ1) is 14.8. The lowest BCUT2D eigenvalue weighted by Gasteiger charge is -2.19. The number of hydrogen-bond acceptors (Lipinski definition) is 3. The Morgan fingerprint density at radius 2 is 1.93 bits per heavy atom. The number of nitrogens with zero attached hydrogens (tertiary/aromatic N) is 1. The summed E-state index contributed by atoms with van der Waals surface area (Å²) in [6.45, 7) is 7.95. The van der Waals surface area contributed by atoms with Gasteiger partial charge < -0.3 is 5.32 Å². The topological polar surface area (TPSA) is 61.4 Å². The van der Waals surface area contributed by atoms with E-state index in [1.54, 1.807) is 7.05 Å². The summed E-state index contributed by atoms with van der Waals surface area (Å²) in [6.07, 6.45) is 0.823. The molecule has 0 saturated carbocycles. The average Bonchev–Trinajstić information content (AvgIpc) is 2.10. The molecule has 0 aromatic rings. The van der Waals surface area contributed by atoms with E-state index in [1.807, 2.05) is 20.8 Å². The summed E-state index contributed by atoms with van der Waals surface area (Å²) in [7, 11) is -1.70. The molecule has 0 aliphatic carbocycles. The van der Waals surface area contributed by atoms with Crippen molar-refractivity contribution in [3.8, 4) is 0 Å². The Hall–Kier alpha value is -0.170. The summed E-state index contributed by atoms with van der Waals surface area (Å²) >= 11 is 0. The van der Waals surface area contributed by atoms with E-state index in [0.717, 1.165) is 19.5 Å². The van der Waals surface area contributed by atoms with Crippen LogP contribution in [0.3, 0.4) is 0 Å². The quantitative estimate of drug-likeness (QED) is 0.591. The van der Waals surface area contributed by atoms with Crippen molar-refractivity contribution >= 4 is 10.2 Å². The average molecular weight is 237 g/mol. The lowest BCUT2D eigenvalue weighted by atomic mass is 10.4. The predicted molar refractivity (Wildman–Crippen MR) is 63.0 cm³/mol. The van der Waals surface area contributed by atoms with Crippen molar-refractivity contribution in [2.24, 2.45) is 0 Å². The molecule has 2 N–H and O–H groups in total. The van der Waals surface area contributed by atoms with Crippen molar-refractivity contribution in [2.45, 2.75) is 33.2 Å². The molecule has 6 heteroatoms. The van der Waals surface area contributed by atoms with Crippen molar-refractivity contribution in [3.63, 3.8) is 0 Å². The SMILES string of the molecule is CCNCCCN(C)S(=O)(=O)NC(C)C. The number of hydrogen-bond donors (Lipinski definition) is 2. The lowest BCUT2D eigenvalue weighted by molar-refractivity contribution is 0.441. The zero-order valence-corrected chi connectivity index (χ0v) is 10.9. The summed E-state index contributed by atoms with van der Waals surface area (Å²) in [5, 5.41) is 3.15. The summed E-state index contributed by atoms with van der Waals surface area (Å²) in [5.41, 5.74) is 0. The third-order valence-electron chi connectivity index (χ3n) is 1.87. The van der Waals surface area contributed by atoms with Gasteiger partial charge in [-0.2, -0.15) is 17.4 Å². The van der Waals surface area contributed by atoms with Gasteiger partial charge >= 0.3 is 0 Å². The molecule has 0 aromatic heterocycles. The van der Waals surface area contributed by atoms with E-state index < -0.39 is 10.2 Å². The monoisotopic (exact) mass is 237 g/mol. The van der Waals surface area contributed by atoms with E-state index in [4.69, 9.17) is 0 Å². The van der Waals surface area contributed by atoms with E-state index in [1.165, 1.54) is 4.31 Å². The first-order valence-electron chi connectivity index (χ1n) is 5.34. The zero-order chi connectivity index (χ0) is 11.9. The van der Waals surface area contributed by atoms with Gasteiger partial charge in [0.1, 0.15) is 0 Å². The molecule has 0 aliphatic heterocycles. The first-order valence-corrected chi connectivity index (χ1v) is 6.78. The number of nitrogens with one attached hydrogen (secondary N) is 2. The fourth-order valence-corrected chi connectivity index (χ4v) is 2.26. The molecule has 0 rings (SSSR count). The molecule has 0 saturated heterocycles. The Morgan fingerprint density at radius 1 is 1.33 bits per heavy atom. The van der Waals surface area contributed by atoms with E-state index >= 15 is 0 Å². The molecule has 92 valence electrons. The van der Waals surface area contributed by atoms with Crippen LogP contribution in [0.5, 0.6) is 0 Å². The molecule has 0 unspecified atom stereocenters. The van der Waals surface area contributed by atoms with Crippen LogP contribution in [-0.4, -0.2) is 45.4 Å². The van der Waals surface area contributed by atoms with Gasteiger partial charge in [-0.3, -0.25) is 0 Å². The lowest BCUT2D eigenvalue weighted by Crippen LogP contribution is -2.42. The summed E-state index contributed by atoms with van der Waals surface area (Å²) < 4.78 is 27.1. The van der Waals surface area contributed by atoms with Crippen LogP contribution in [-0.2, 0) is 10.2 Å². The highest BCUT2D eigenvalue weighted by Crippen LogP contribution is 1.96. The molecule has 0 atom stereocenters. The highest BCUT2D eigenvalue weighted by atomic mass is 32.2. The molecule has 5 nitrogen and oxygen atoms in total. The highest BCUT2D eigenvalue weighted by molar-refractivity contribution is 7.87. The third kappa shape index (κ3) is 6.83. The Bertz CT molecular complexity index is 252. The van der Waals surface area contributed by atoms with Gasteiger partial charge in [0.25, 0.3) is 10.2 Å². The fraction of sp³-hybridized carbons (Fsp3) is 1.00. The summed E-state index contributed by atoms with van der Waals surface area (Å²) in [5.74, 6) is 0. The minimum Gasteiger partial charge on any atom is -0.317 e. The van der Waals surface area contributed by atoms with Crippen LogP contribution in [0, 0.1) is 0 Å². The number of rotatable bonds is 8. The highest BCUT2D eigenvalue weighted by Gasteiger charge is 2.17. The van der Waals surface area contributed by atoms with Crippen LogP contribution >= 0.6 is 0 Å². The Morgan fingerprint density at radius 3 is 2.40 bits per heavy atom. The van der Waals surface area contributed by atoms with Crippen molar-refractivity contribution in [1.29, 1.82) is 0 Å². The zero-order valence-electron chi connectivity index (χ0n) is 10.1. The van der Waals surface area contributed by atoms with Crippen molar-refractivity contribution in [3.05, 3.63) is 0 Å². The van der Waals surface area contributed by atoms with E-state index in [9.17, 15) is 8.42 Å². The maximum atomic E-state index is 11.6. The van der Waals surface area contributed by atoms with Gasteiger partial charge in [-0.15, -0.1) is 0 Å². The summed E-state index contributed by atoms with van der Waals surface area (Å²) in [6, 6.07) is -0.0637. The second kappa shape index (κ2) is 7.16. The van der Waals surface area contributed by atoms with Gasteiger partial charge in [0, 0.05) is 19.6 Å². The minimum atomic E-state index is -3.29. The van der Waals surface area contributed by atoms with Gasteiger partial charge in [0.15, 0.2) is 0 Å². The molecule has 0 amide bonds. The molecule has 0 radical (unpaired) electrons. The van der Waals surface area contributed by atoms with E-state index in [0.29, 0.717) is 6.54 Å². The molecule has 0 bridgehead atoms. The molecular weight excluding hydrogens is 214 g/mol. The molecule has 0 heterocycles. The molecule has 0 spiro atoms. The molecular formula is C9H23N3O2S. The maximum absolute atomic E-state index is 11.6. The van der Waals surface area contributed by atoms with Crippen LogP contribution in [0.4, 0.5) is 0 Å². The Kier molecular flexibility index (Phi) is 7.08. The van der Waals surface area contributed by atoms with E-state index in [2.05, 4.69) is 10.0 Å². The van der Waals surface area contributed by atoms with Gasteiger partial charge in [-0.1, -0.05) is 6.92 Å². The second-order valence-electron chi connectivity index (χ2n) is 3.81. The standard InChI is InChI=1S/C9H23N3O2S/c1-5-10-7-6-8-12(4)15(13,14)11-9(2)3/h9-11H,5-8H2,1-4H3. The first-order chi connectivity index (χ1) is 6.90. The second-order valence-corrected chi connectivity index (χ2v) is 5.62. The molecule has 15 heavy (non-hydrogen) atoms. The van der Waals surface area contributed by atoms with Gasteiger partial charge in [0.05, 0.1) is 0 Å². The fourth-order valence-electron chi connectivity index (χ4n) is 1.11. The maximum Gasteiger partial charge on any atom is 0.279 e. The smallest absolute Gasteiger partial charge is 0.279 e. The van der Waals surface area contributed by atoms with Crippen LogP contribution in [0.1, 0.15) is 27.2 Å². The van der Waals surface area contributed by atoms with Crippen molar-refractivity contribution in [2.75, 3.05) is 26.7 Å². The van der Waals surface area contributed by atoms with Crippen molar-refractivity contribution in [1.82, 2.24) is 14.3 Å². The van der Waals surface area contributed by atoms with Gasteiger partial charge in [-0.05, 0) is 33.4 Å². The third-order valence-corrected chi connectivity index (χ3v) is 3.64. The van der Waals surface area contributed by atoms with Gasteiger partial charge in [-0.25, -0.2) is 0 Å². The predicted octanol–water partition coefficient (Wildman–Crippen LogP) is 0.161. The molecule has 0 aliphatic rings. The van der Waals surface area contributed by atoms with Crippen LogP contribution in [0.2, 0.25) is 0 Å². The van der Waals surface area contributed by atoms with Crippen molar-refractivity contribution < 1.29 is 8.42 Å². The Labute approximate surface area is 93.4 Å². The van der Waals surface area contributed by atoms with Crippen LogP contribution < -0.4 is 10.0 Å². The van der Waals surface area contributed by atoms with E-state index in [-0.39, 0.29) is 6.04 Å². The minimum absolute atomic E-state index is 0.0637. The Balaban J connectivity index is 3.92. The largest absolute Gasteiger partial charge is 0.317 e.